The highest BCUT2D eigenvalue weighted by molar-refractivity contribution is 5.79. The molecular weight excluding hydrogens is 178 g/mol. The van der Waals surface area contributed by atoms with Gasteiger partial charge in [0, 0.05) is 12.4 Å². The molecule has 0 amide bonds. The molecule has 1 aromatic rings. The number of carboxylic acids is 1. The third-order valence-electron chi connectivity index (χ3n) is 3.82. The quantitative estimate of drug-likeness (QED) is 0.712. The lowest BCUT2D eigenvalue weighted by Gasteiger charge is -2.28. The van der Waals surface area contributed by atoms with Crippen molar-refractivity contribution in [1.29, 1.82) is 0 Å². The summed E-state index contributed by atoms with van der Waals surface area (Å²) in [6, 6.07) is 0. The first kappa shape index (κ1) is 8.09. The molecule has 1 spiro atoms. The first-order valence-corrected chi connectivity index (χ1v) is 5.11. The van der Waals surface area contributed by atoms with Crippen LogP contribution < -0.4 is 0 Å². The van der Waals surface area contributed by atoms with Crippen LogP contribution in [0.2, 0.25) is 0 Å². The molecule has 0 aromatic carbocycles. The Labute approximate surface area is 82.1 Å². The lowest BCUT2D eigenvalue weighted by Crippen LogP contribution is -2.27. The van der Waals surface area contributed by atoms with Crippen molar-refractivity contribution in [3.8, 4) is 0 Å². The van der Waals surface area contributed by atoms with Gasteiger partial charge < -0.3 is 10.1 Å². The van der Waals surface area contributed by atoms with Crippen molar-refractivity contribution in [1.82, 2.24) is 4.98 Å². The molecule has 1 saturated carbocycles. The predicted molar refractivity (Wildman–Crippen MR) is 51.2 cm³/mol. The van der Waals surface area contributed by atoms with Crippen LogP contribution in [0.4, 0.5) is 0 Å². The largest absolute Gasteiger partial charge is 0.481 e. The molecule has 0 aliphatic heterocycles. The average Bonchev–Trinajstić information content (AvgIpc) is 2.75. The van der Waals surface area contributed by atoms with Crippen molar-refractivity contribution in [3.05, 3.63) is 23.5 Å². The van der Waals surface area contributed by atoms with Gasteiger partial charge in [0.2, 0.25) is 0 Å². The minimum Gasteiger partial charge on any atom is -0.481 e. The topological polar surface area (TPSA) is 53.1 Å². The van der Waals surface area contributed by atoms with Gasteiger partial charge in [-0.05, 0) is 42.2 Å². The summed E-state index contributed by atoms with van der Waals surface area (Å²) in [6.07, 6.45) is 8.09. The second kappa shape index (κ2) is 2.41. The molecule has 2 aliphatic carbocycles. The summed E-state index contributed by atoms with van der Waals surface area (Å²) in [5, 5.41) is 9.27. The summed E-state index contributed by atoms with van der Waals surface area (Å²) < 4.78 is 0. The lowest BCUT2D eigenvalue weighted by atomic mass is 9.74. The second-order valence-electron chi connectivity index (χ2n) is 4.57. The molecule has 1 heterocycles. The van der Waals surface area contributed by atoms with Gasteiger partial charge in [-0.15, -0.1) is 0 Å². The number of aromatic amines is 1. The van der Waals surface area contributed by atoms with E-state index >= 15 is 0 Å². The van der Waals surface area contributed by atoms with E-state index in [4.69, 9.17) is 0 Å². The third kappa shape index (κ3) is 0.897. The zero-order chi connectivity index (χ0) is 9.76. The summed E-state index contributed by atoms with van der Waals surface area (Å²) >= 11 is 0. The van der Waals surface area contributed by atoms with Gasteiger partial charge in [0.05, 0.1) is 5.92 Å². The lowest BCUT2D eigenvalue weighted by molar-refractivity contribution is -0.141. The predicted octanol–water partition coefficient (Wildman–Crippen LogP) is 1.91. The fraction of sp³-hybridized carbons (Fsp3) is 0.545. The summed E-state index contributed by atoms with van der Waals surface area (Å²) in [5.41, 5.74) is 2.34. The second-order valence-corrected chi connectivity index (χ2v) is 4.57. The summed E-state index contributed by atoms with van der Waals surface area (Å²) in [4.78, 5) is 14.3. The number of aromatic nitrogens is 1. The number of hydrogen-bond acceptors (Lipinski definition) is 1. The fourth-order valence-corrected chi connectivity index (χ4v) is 2.85. The molecule has 1 fully saturated rings. The molecule has 1 aromatic heterocycles. The van der Waals surface area contributed by atoms with E-state index in [1.165, 1.54) is 5.56 Å². The molecule has 1 atom stereocenters. The van der Waals surface area contributed by atoms with Gasteiger partial charge in [0.15, 0.2) is 0 Å². The highest BCUT2D eigenvalue weighted by Gasteiger charge is 2.55. The van der Waals surface area contributed by atoms with Gasteiger partial charge >= 0.3 is 5.97 Å². The molecular formula is C11H13NO2. The van der Waals surface area contributed by atoms with Crippen LogP contribution in [0.15, 0.2) is 12.4 Å². The van der Waals surface area contributed by atoms with Gasteiger partial charge in [0.1, 0.15) is 0 Å². The minimum absolute atomic E-state index is 0.112. The van der Waals surface area contributed by atoms with Gasteiger partial charge in [-0.3, -0.25) is 4.79 Å². The highest BCUT2D eigenvalue weighted by atomic mass is 16.4. The maximum Gasteiger partial charge on any atom is 0.311 e. The Morgan fingerprint density at radius 3 is 2.86 bits per heavy atom. The molecule has 2 aliphatic rings. The van der Waals surface area contributed by atoms with Crippen molar-refractivity contribution in [2.75, 3.05) is 0 Å². The molecule has 0 radical (unpaired) electrons. The fourth-order valence-electron chi connectivity index (χ4n) is 2.85. The minimum atomic E-state index is -0.650. The van der Waals surface area contributed by atoms with E-state index in [-0.39, 0.29) is 11.3 Å². The van der Waals surface area contributed by atoms with Crippen molar-refractivity contribution < 1.29 is 9.90 Å². The molecule has 3 rings (SSSR count). The number of fused-ring (bicyclic) bond motifs is 1. The van der Waals surface area contributed by atoms with E-state index in [9.17, 15) is 9.90 Å². The molecule has 0 bridgehead atoms. The van der Waals surface area contributed by atoms with Crippen molar-refractivity contribution >= 4 is 5.97 Å². The maximum atomic E-state index is 11.3. The van der Waals surface area contributed by atoms with E-state index in [1.807, 2.05) is 12.4 Å². The van der Waals surface area contributed by atoms with E-state index in [0.29, 0.717) is 0 Å². The van der Waals surface area contributed by atoms with Gasteiger partial charge in [-0.25, -0.2) is 0 Å². The number of hydrogen-bond donors (Lipinski definition) is 2. The molecule has 14 heavy (non-hydrogen) atoms. The Bertz CT molecular complexity index is 390. The van der Waals surface area contributed by atoms with E-state index in [0.717, 1.165) is 31.2 Å². The number of rotatable bonds is 1. The molecule has 3 heteroatoms. The zero-order valence-corrected chi connectivity index (χ0v) is 7.92. The summed E-state index contributed by atoms with van der Waals surface area (Å²) in [5.74, 6) is -0.902. The number of aryl methyl sites for hydroxylation is 1. The first-order chi connectivity index (χ1) is 6.73. The van der Waals surface area contributed by atoms with Gasteiger partial charge in [-0.2, -0.15) is 0 Å². The molecule has 2 N–H and O–H groups in total. The van der Waals surface area contributed by atoms with Crippen LogP contribution in [0.5, 0.6) is 0 Å². The summed E-state index contributed by atoms with van der Waals surface area (Å²) in [7, 11) is 0. The number of H-pyrrole nitrogens is 1. The standard InChI is InChI=1S/C11H13NO2/c13-10(14)9-8-6-12-5-7(8)1-2-11(9)3-4-11/h5-6,9,12H,1-4H2,(H,13,14). The Hall–Kier alpha value is -1.25. The summed E-state index contributed by atoms with van der Waals surface area (Å²) in [6.45, 7) is 0. The molecule has 0 saturated heterocycles. The highest BCUT2D eigenvalue weighted by Crippen LogP contribution is 2.61. The molecule has 1 unspecified atom stereocenters. The molecule has 3 nitrogen and oxygen atoms in total. The van der Waals surface area contributed by atoms with Gasteiger partial charge in [-0.1, -0.05) is 0 Å². The van der Waals surface area contributed by atoms with Crippen LogP contribution in [0.1, 0.15) is 36.3 Å². The Balaban J connectivity index is 2.10. The van der Waals surface area contributed by atoms with Crippen LogP contribution >= 0.6 is 0 Å². The van der Waals surface area contributed by atoms with Crippen LogP contribution in [-0.2, 0) is 11.2 Å². The Kier molecular flexibility index (Phi) is 1.39. The number of aliphatic carboxylic acids is 1. The molecule has 74 valence electrons. The number of carboxylic acid groups (broad SMARTS) is 1. The normalized spacial score (nSPS) is 27.3. The average molecular weight is 191 g/mol. The van der Waals surface area contributed by atoms with E-state index in [2.05, 4.69) is 4.98 Å². The Morgan fingerprint density at radius 2 is 2.21 bits per heavy atom. The Morgan fingerprint density at radius 1 is 1.43 bits per heavy atom. The SMILES string of the molecule is O=C(O)C1c2c[nH]cc2CCC12CC2. The van der Waals surface area contributed by atoms with Crippen molar-refractivity contribution in [2.45, 2.75) is 31.6 Å². The third-order valence-corrected chi connectivity index (χ3v) is 3.82. The van der Waals surface area contributed by atoms with Crippen LogP contribution in [0.25, 0.3) is 0 Å². The van der Waals surface area contributed by atoms with Crippen LogP contribution in [0, 0.1) is 5.41 Å². The van der Waals surface area contributed by atoms with Gasteiger partial charge in [0.25, 0.3) is 0 Å². The van der Waals surface area contributed by atoms with Crippen molar-refractivity contribution in [3.63, 3.8) is 0 Å². The monoisotopic (exact) mass is 191 g/mol. The number of nitrogens with one attached hydrogen (secondary N) is 1. The van der Waals surface area contributed by atoms with Crippen LogP contribution in [0.3, 0.4) is 0 Å². The first-order valence-electron chi connectivity index (χ1n) is 5.11. The van der Waals surface area contributed by atoms with E-state index < -0.39 is 5.97 Å². The maximum absolute atomic E-state index is 11.3. The van der Waals surface area contributed by atoms with Crippen LogP contribution in [-0.4, -0.2) is 16.1 Å². The number of carbonyl (C=O) groups is 1. The van der Waals surface area contributed by atoms with Crippen molar-refractivity contribution in [2.24, 2.45) is 5.41 Å². The smallest absolute Gasteiger partial charge is 0.311 e. The van der Waals surface area contributed by atoms with E-state index in [1.54, 1.807) is 0 Å². The zero-order valence-electron chi connectivity index (χ0n) is 7.92.